The second-order valence-electron chi connectivity index (χ2n) is 5.75. The minimum absolute atomic E-state index is 0.0604. The molecule has 5 heteroatoms. The predicted octanol–water partition coefficient (Wildman–Crippen LogP) is 1.12. The quantitative estimate of drug-likeness (QED) is 0.370. The van der Waals surface area contributed by atoms with Gasteiger partial charge in [-0.15, -0.1) is 0 Å². The van der Waals surface area contributed by atoms with Crippen LogP contribution < -0.4 is 5.73 Å². The summed E-state index contributed by atoms with van der Waals surface area (Å²) in [4.78, 5) is 11.3. The highest BCUT2D eigenvalue weighted by molar-refractivity contribution is 5.69. The molecule has 0 aromatic rings. The van der Waals surface area contributed by atoms with Gasteiger partial charge in [-0.05, 0) is 33.1 Å². The molecule has 0 spiro atoms. The number of aliphatic hydroxyl groups is 2. The van der Waals surface area contributed by atoms with Crippen LogP contribution in [0.1, 0.15) is 46.0 Å². The topological polar surface area (TPSA) is 92.8 Å². The lowest BCUT2D eigenvalue weighted by atomic mass is 9.97. The second kappa shape index (κ2) is 8.39. The van der Waals surface area contributed by atoms with Gasteiger partial charge >= 0.3 is 5.97 Å². The molecule has 1 aliphatic carbocycles. The van der Waals surface area contributed by atoms with Crippen molar-refractivity contribution < 1.29 is 19.7 Å². The van der Waals surface area contributed by atoms with Crippen molar-refractivity contribution in [3.8, 4) is 0 Å². The van der Waals surface area contributed by atoms with Gasteiger partial charge in [0, 0.05) is 24.8 Å². The molecule has 0 heterocycles. The van der Waals surface area contributed by atoms with Gasteiger partial charge in [0.1, 0.15) is 0 Å². The smallest absolute Gasteiger partial charge is 0.306 e. The standard InChI is InChI=1S/C15H27NO4/c1-10(2)20-14(19)8-6-4-3-5-7-11-12(17)9-13(18)15(11)16/h3,5,10-13,15,17-18H,4,6-9,16H2,1-2H3/b5-3-/t11-,12-,13+,15?/m0/s1. The van der Waals surface area contributed by atoms with Gasteiger partial charge in [-0.25, -0.2) is 0 Å². The normalized spacial score (nSPS) is 30.3. The van der Waals surface area contributed by atoms with E-state index in [-0.39, 0.29) is 24.0 Å². The molecule has 4 atom stereocenters. The van der Waals surface area contributed by atoms with E-state index < -0.39 is 12.2 Å². The van der Waals surface area contributed by atoms with Crippen LogP contribution in [0, 0.1) is 5.92 Å². The molecule has 1 aliphatic rings. The fourth-order valence-electron chi connectivity index (χ4n) is 2.49. The average Bonchev–Trinajstić information content (AvgIpc) is 2.58. The monoisotopic (exact) mass is 285 g/mol. The fourth-order valence-corrected chi connectivity index (χ4v) is 2.49. The molecule has 1 fully saturated rings. The summed E-state index contributed by atoms with van der Waals surface area (Å²) >= 11 is 0. The average molecular weight is 285 g/mol. The zero-order chi connectivity index (χ0) is 15.1. The Morgan fingerprint density at radius 1 is 1.35 bits per heavy atom. The lowest BCUT2D eigenvalue weighted by molar-refractivity contribution is -0.147. The van der Waals surface area contributed by atoms with E-state index in [0.29, 0.717) is 19.3 Å². The SMILES string of the molecule is CC(C)OC(=O)CCC/C=C\C[C@@H]1C(N)[C@H](O)C[C@@H]1O. The Morgan fingerprint density at radius 3 is 2.60 bits per heavy atom. The number of carbonyl (C=O) groups excluding carboxylic acids is 1. The van der Waals surface area contributed by atoms with Gasteiger partial charge in [0.25, 0.3) is 0 Å². The van der Waals surface area contributed by atoms with E-state index in [0.717, 1.165) is 12.8 Å². The van der Waals surface area contributed by atoms with E-state index in [1.165, 1.54) is 0 Å². The highest BCUT2D eigenvalue weighted by Crippen LogP contribution is 2.28. The molecule has 0 amide bonds. The highest BCUT2D eigenvalue weighted by atomic mass is 16.5. The zero-order valence-electron chi connectivity index (χ0n) is 12.4. The number of rotatable bonds is 7. The molecule has 20 heavy (non-hydrogen) atoms. The van der Waals surface area contributed by atoms with Crippen molar-refractivity contribution in [1.82, 2.24) is 0 Å². The van der Waals surface area contributed by atoms with Gasteiger partial charge < -0.3 is 20.7 Å². The number of esters is 1. The van der Waals surface area contributed by atoms with Crippen molar-refractivity contribution in [3.63, 3.8) is 0 Å². The third-order valence-electron chi connectivity index (χ3n) is 3.61. The molecule has 0 aromatic carbocycles. The Hall–Kier alpha value is -0.910. The summed E-state index contributed by atoms with van der Waals surface area (Å²) in [5.74, 6) is -0.239. The maximum Gasteiger partial charge on any atom is 0.306 e. The van der Waals surface area contributed by atoms with Crippen molar-refractivity contribution in [2.24, 2.45) is 11.7 Å². The number of allylic oxidation sites excluding steroid dienone is 2. The van der Waals surface area contributed by atoms with Crippen molar-refractivity contribution in [2.75, 3.05) is 0 Å². The molecule has 0 aliphatic heterocycles. The minimum Gasteiger partial charge on any atom is -0.463 e. The van der Waals surface area contributed by atoms with Crippen LogP contribution in [0.4, 0.5) is 0 Å². The predicted molar refractivity (Wildman–Crippen MR) is 76.9 cm³/mol. The third-order valence-corrected chi connectivity index (χ3v) is 3.61. The molecule has 0 radical (unpaired) electrons. The van der Waals surface area contributed by atoms with Crippen LogP contribution in [0.3, 0.4) is 0 Å². The van der Waals surface area contributed by atoms with Gasteiger partial charge in [-0.2, -0.15) is 0 Å². The number of unbranched alkanes of at least 4 members (excludes halogenated alkanes) is 1. The number of aliphatic hydroxyl groups excluding tert-OH is 2. The first-order valence-electron chi connectivity index (χ1n) is 7.38. The summed E-state index contributed by atoms with van der Waals surface area (Å²) in [7, 11) is 0. The van der Waals surface area contributed by atoms with Crippen molar-refractivity contribution in [3.05, 3.63) is 12.2 Å². The Morgan fingerprint density at radius 2 is 2.05 bits per heavy atom. The Kier molecular flexibility index (Phi) is 7.19. The third kappa shape index (κ3) is 5.61. The van der Waals surface area contributed by atoms with Gasteiger partial charge in [-0.3, -0.25) is 4.79 Å². The summed E-state index contributed by atoms with van der Waals surface area (Å²) in [5.41, 5.74) is 5.83. The largest absolute Gasteiger partial charge is 0.463 e. The first-order valence-corrected chi connectivity index (χ1v) is 7.38. The minimum atomic E-state index is -0.603. The maximum absolute atomic E-state index is 11.3. The number of ether oxygens (including phenoxy) is 1. The molecule has 0 saturated heterocycles. The van der Waals surface area contributed by atoms with Gasteiger partial charge in [-0.1, -0.05) is 12.2 Å². The summed E-state index contributed by atoms with van der Waals surface area (Å²) in [6, 6.07) is -0.351. The van der Waals surface area contributed by atoms with E-state index >= 15 is 0 Å². The lowest BCUT2D eigenvalue weighted by Crippen LogP contribution is -2.35. The van der Waals surface area contributed by atoms with Gasteiger partial charge in [0.15, 0.2) is 0 Å². The van der Waals surface area contributed by atoms with Crippen LogP contribution in [0.25, 0.3) is 0 Å². The van der Waals surface area contributed by atoms with Crippen LogP contribution >= 0.6 is 0 Å². The van der Waals surface area contributed by atoms with Crippen LogP contribution in [0.2, 0.25) is 0 Å². The molecule has 0 aromatic heterocycles. The van der Waals surface area contributed by atoms with Crippen molar-refractivity contribution >= 4 is 5.97 Å². The second-order valence-corrected chi connectivity index (χ2v) is 5.75. The molecule has 116 valence electrons. The first kappa shape index (κ1) is 17.1. The van der Waals surface area contributed by atoms with Gasteiger partial charge in [0.05, 0.1) is 18.3 Å². The van der Waals surface area contributed by atoms with E-state index in [2.05, 4.69) is 0 Å². The van der Waals surface area contributed by atoms with Crippen LogP contribution in [0.5, 0.6) is 0 Å². The number of nitrogens with two attached hydrogens (primary N) is 1. The number of carbonyl (C=O) groups is 1. The summed E-state index contributed by atoms with van der Waals surface area (Å²) in [6.07, 6.45) is 5.78. The molecular weight excluding hydrogens is 258 g/mol. The molecule has 5 nitrogen and oxygen atoms in total. The molecule has 1 rings (SSSR count). The lowest BCUT2D eigenvalue weighted by Gasteiger charge is -2.17. The summed E-state index contributed by atoms with van der Waals surface area (Å²) < 4.78 is 5.04. The number of hydrogen-bond acceptors (Lipinski definition) is 5. The fraction of sp³-hybridized carbons (Fsp3) is 0.800. The molecule has 1 unspecified atom stereocenters. The molecule has 1 saturated carbocycles. The van der Waals surface area contributed by atoms with Gasteiger partial charge in [0.2, 0.25) is 0 Å². The Bertz CT molecular complexity index is 330. The summed E-state index contributed by atoms with van der Waals surface area (Å²) in [6.45, 7) is 3.67. The van der Waals surface area contributed by atoms with E-state index in [9.17, 15) is 15.0 Å². The zero-order valence-corrected chi connectivity index (χ0v) is 12.4. The van der Waals surface area contributed by atoms with Crippen molar-refractivity contribution in [1.29, 1.82) is 0 Å². The van der Waals surface area contributed by atoms with E-state index in [1.54, 1.807) is 0 Å². The maximum atomic E-state index is 11.3. The van der Waals surface area contributed by atoms with Crippen molar-refractivity contribution in [2.45, 2.75) is 70.3 Å². The highest BCUT2D eigenvalue weighted by Gasteiger charge is 2.38. The van der Waals surface area contributed by atoms with Crippen LogP contribution in [-0.2, 0) is 9.53 Å². The first-order chi connectivity index (χ1) is 9.41. The molecule has 0 bridgehead atoms. The molecular formula is C15H27NO4. The Labute approximate surface area is 120 Å². The summed E-state index contributed by atoms with van der Waals surface area (Å²) in [5, 5.41) is 19.3. The van der Waals surface area contributed by atoms with Crippen LogP contribution in [0.15, 0.2) is 12.2 Å². The van der Waals surface area contributed by atoms with Crippen LogP contribution in [-0.4, -0.2) is 40.5 Å². The molecule has 4 N–H and O–H groups in total. The Balaban J connectivity index is 2.15. The van der Waals surface area contributed by atoms with E-state index in [1.807, 2.05) is 26.0 Å². The number of hydrogen-bond donors (Lipinski definition) is 3. The van der Waals surface area contributed by atoms with E-state index in [4.69, 9.17) is 10.5 Å².